The number of nitrogens with one attached hydrogen (secondary N) is 1. The lowest BCUT2D eigenvalue weighted by Gasteiger charge is -2.30. The zero-order chi connectivity index (χ0) is 21.6. The molecule has 0 radical (unpaired) electrons. The highest BCUT2D eigenvalue weighted by molar-refractivity contribution is 5.97. The fourth-order valence-corrected chi connectivity index (χ4v) is 3.91. The zero-order valence-electron chi connectivity index (χ0n) is 16.9. The standard InChI is InChI=1S/C23H26N2O5/c1-29-21(27)23(24)14-8-13-18(23)20(26)19(17-11-6-3-7-12-17)25-22(28)30-15-16-9-4-2-5-10-16/h2-7,9-12,18-19H,8,13-15,24H2,1H3,(H,25,28)/t18?,19-,23?/m1/s1. The number of ketones is 1. The van der Waals surface area contributed by atoms with Crippen LogP contribution in [0.15, 0.2) is 60.7 Å². The third-order valence-electron chi connectivity index (χ3n) is 5.51. The second-order valence-electron chi connectivity index (χ2n) is 7.43. The number of carbonyl (C=O) groups is 3. The van der Waals surface area contributed by atoms with Gasteiger partial charge >= 0.3 is 12.1 Å². The molecule has 3 rings (SSSR count). The molecule has 1 aliphatic rings. The first-order chi connectivity index (χ1) is 14.5. The van der Waals surface area contributed by atoms with Gasteiger partial charge in [0.15, 0.2) is 5.78 Å². The van der Waals surface area contributed by atoms with E-state index in [-0.39, 0.29) is 12.4 Å². The van der Waals surface area contributed by atoms with Gasteiger partial charge in [0.2, 0.25) is 0 Å². The summed E-state index contributed by atoms with van der Waals surface area (Å²) in [5, 5.41) is 2.66. The van der Waals surface area contributed by atoms with E-state index in [0.29, 0.717) is 24.8 Å². The van der Waals surface area contributed by atoms with Crippen molar-refractivity contribution in [2.75, 3.05) is 7.11 Å². The molecular formula is C23H26N2O5. The Balaban J connectivity index is 1.78. The molecule has 3 atom stereocenters. The molecule has 1 fully saturated rings. The summed E-state index contributed by atoms with van der Waals surface area (Å²) in [5.41, 5.74) is 6.33. The molecule has 0 bridgehead atoms. The van der Waals surface area contributed by atoms with Crippen LogP contribution in [0.25, 0.3) is 0 Å². The fraction of sp³-hybridized carbons (Fsp3) is 0.348. The van der Waals surface area contributed by atoms with Crippen molar-refractivity contribution in [1.82, 2.24) is 5.32 Å². The van der Waals surface area contributed by atoms with Gasteiger partial charge in [0, 0.05) is 5.92 Å². The second-order valence-corrected chi connectivity index (χ2v) is 7.43. The van der Waals surface area contributed by atoms with E-state index in [1.807, 2.05) is 36.4 Å². The number of alkyl carbamates (subject to hydrolysis) is 1. The normalized spacial score (nSPS) is 21.5. The molecule has 1 aliphatic carbocycles. The largest absolute Gasteiger partial charge is 0.468 e. The Bertz CT molecular complexity index is 887. The summed E-state index contributed by atoms with van der Waals surface area (Å²) in [7, 11) is 1.25. The quantitative estimate of drug-likeness (QED) is 0.680. The lowest BCUT2D eigenvalue weighted by atomic mass is 9.81. The minimum atomic E-state index is -1.39. The average molecular weight is 410 g/mol. The molecule has 2 aromatic rings. The first-order valence-electron chi connectivity index (χ1n) is 9.89. The summed E-state index contributed by atoms with van der Waals surface area (Å²) in [6.07, 6.45) is 0.715. The number of hydrogen-bond acceptors (Lipinski definition) is 6. The molecule has 0 heterocycles. The maximum absolute atomic E-state index is 13.4. The molecule has 158 valence electrons. The Kier molecular flexibility index (Phi) is 6.84. The Labute approximate surface area is 175 Å². The first kappa shape index (κ1) is 21.5. The molecule has 0 aromatic heterocycles. The number of methoxy groups -OCH3 is 1. The highest BCUT2D eigenvalue weighted by Gasteiger charge is 2.51. The van der Waals surface area contributed by atoms with Gasteiger partial charge in [-0.1, -0.05) is 67.1 Å². The fourth-order valence-electron chi connectivity index (χ4n) is 3.91. The molecular weight excluding hydrogens is 384 g/mol. The minimum Gasteiger partial charge on any atom is -0.468 e. The van der Waals surface area contributed by atoms with Crippen molar-refractivity contribution < 1.29 is 23.9 Å². The van der Waals surface area contributed by atoms with E-state index in [9.17, 15) is 14.4 Å². The number of carbonyl (C=O) groups excluding carboxylic acids is 3. The maximum Gasteiger partial charge on any atom is 0.408 e. The van der Waals surface area contributed by atoms with Gasteiger partial charge in [-0.25, -0.2) is 4.79 Å². The molecule has 0 spiro atoms. The van der Waals surface area contributed by atoms with Gasteiger partial charge in [0.1, 0.15) is 18.2 Å². The molecule has 7 nitrogen and oxygen atoms in total. The third-order valence-corrected chi connectivity index (χ3v) is 5.51. The topological polar surface area (TPSA) is 108 Å². The first-order valence-corrected chi connectivity index (χ1v) is 9.89. The van der Waals surface area contributed by atoms with E-state index in [1.54, 1.807) is 24.3 Å². The number of benzene rings is 2. The van der Waals surface area contributed by atoms with Crippen molar-refractivity contribution in [2.45, 2.75) is 37.5 Å². The zero-order valence-corrected chi connectivity index (χ0v) is 16.9. The van der Waals surface area contributed by atoms with E-state index < -0.39 is 29.6 Å². The van der Waals surface area contributed by atoms with Gasteiger partial charge in [0.05, 0.1) is 7.11 Å². The molecule has 2 unspecified atom stereocenters. The minimum absolute atomic E-state index is 0.0782. The lowest BCUT2D eigenvalue weighted by Crippen LogP contribution is -2.55. The van der Waals surface area contributed by atoms with Gasteiger partial charge in [-0.05, 0) is 24.0 Å². The van der Waals surface area contributed by atoms with Crippen LogP contribution in [0.4, 0.5) is 4.79 Å². The number of nitrogens with two attached hydrogens (primary N) is 1. The van der Waals surface area contributed by atoms with Crippen LogP contribution in [-0.2, 0) is 25.7 Å². The van der Waals surface area contributed by atoms with Gasteiger partial charge in [-0.15, -0.1) is 0 Å². The Hall–Kier alpha value is -3.19. The Morgan fingerprint density at radius 1 is 1.10 bits per heavy atom. The number of ether oxygens (including phenoxy) is 2. The lowest BCUT2D eigenvalue weighted by molar-refractivity contribution is -0.151. The highest BCUT2D eigenvalue weighted by Crippen LogP contribution is 2.38. The van der Waals surface area contributed by atoms with Crippen molar-refractivity contribution >= 4 is 17.8 Å². The number of esters is 1. The predicted molar refractivity (Wildman–Crippen MR) is 110 cm³/mol. The highest BCUT2D eigenvalue weighted by atomic mass is 16.5. The van der Waals surface area contributed by atoms with Gasteiger partial charge in [0.25, 0.3) is 0 Å². The average Bonchev–Trinajstić information content (AvgIpc) is 3.19. The molecule has 1 amide bonds. The van der Waals surface area contributed by atoms with Crippen molar-refractivity contribution in [3.05, 3.63) is 71.8 Å². The van der Waals surface area contributed by atoms with E-state index in [0.717, 1.165) is 5.56 Å². The van der Waals surface area contributed by atoms with Crippen LogP contribution >= 0.6 is 0 Å². The molecule has 2 aromatic carbocycles. The maximum atomic E-state index is 13.4. The molecule has 3 N–H and O–H groups in total. The summed E-state index contributed by atoms with van der Waals surface area (Å²) in [5.74, 6) is -1.70. The van der Waals surface area contributed by atoms with Crippen molar-refractivity contribution in [1.29, 1.82) is 0 Å². The number of hydrogen-bond donors (Lipinski definition) is 2. The Morgan fingerprint density at radius 2 is 1.73 bits per heavy atom. The summed E-state index contributed by atoms with van der Waals surface area (Å²) in [6, 6.07) is 17.1. The van der Waals surface area contributed by atoms with E-state index in [4.69, 9.17) is 15.2 Å². The third kappa shape index (κ3) is 4.68. The van der Waals surface area contributed by atoms with E-state index >= 15 is 0 Å². The van der Waals surface area contributed by atoms with Crippen LogP contribution in [0.3, 0.4) is 0 Å². The van der Waals surface area contributed by atoms with E-state index in [2.05, 4.69) is 5.32 Å². The number of Topliss-reactive ketones (excluding diaryl/α,β-unsaturated/α-hetero) is 1. The summed E-state index contributed by atoms with van der Waals surface area (Å²) in [4.78, 5) is 38.2. The molecule has 1 saturated carbocycles. The number of rotatable bonds is 7. The molecule has 0 aliphatic heterocycles. The molecule has 7 heteroatoms. The van der Waals surface area contributed by atoms with Crippen LogP contribution in [0, 0.1) is 5.92 Å². The van der Waals surface area contributed by atoms with Crippen LogP contribution in [0.5, 0.6) is 0 Å². The van der Waals surface area contributed by atoms with Crippen LogP contribution in [0.1, 0.15) is 36.4 Å². The monoisotopic (exact) mass is 410 g/mol. The molecule has 30 heavy (non-hydrogen) atoms. The summed E-state index contributed by atoms with van der Waals surface area (Å²) >= 11 is 0. The molecule has 0 saturated heterocycles. The summed E-state index contributed by atoms with van der Waals surface area (Å²) < 4.78 is 10.1. The smallest absolute Gasteiger partial charge is 0.408 e. The Morgan fingerprint density at radius 3 is 2.37 bits per heavy atom. The van der Waals surface area contributed by atoms with Gasteiger partial charge < -0.3 is 20.5 Å². The van der Waals surface area contributed by atoms with Crippen molar-refractivity contribution in [2.24, 2.45) is 11.7 Å². The van der Waals surface area contributed by atoms with Gasteiger partial charge in [-0.2, -0.15) is 0 Å². The van der Waals surface area contributed by atoms with Crippen molar-refractivity contribution in [3.63, 3.8) is 0 Å². The SMILES string of the molecule is COC(=O)C1(N)CCCC1C(=O)[C@H](NC(=O)OCc1ccccc1)c1ccccc1. The second kappa shape index (κ2) is 9.54. The predicted octanol–water partition coefficient (Wildman–Crippen LogP) is 2.89. The summed E-state index contributed by atoms with van der Waals surface area (Å²) in [6.45, 7) is 0.0782. The van der Waals surface area contributed by atoms with Crippen molar-refractivity contribution in [3.8, 4) is 0 Å². The van der Waals surface area contributed by atoms with E-state index in [1.165, 1.54) is 7.11 Å². The van der Waals surface area contributed by atoms with Crippen LogP contribution in [-0.4, -0.2) is 30.5 Å². The number of amides is 1. The van der Waals surface area contributed by atoms with Gasteiger partial charge in [-0.3, -0.25) is 9.59 Å². The van der Waals surface area contributed by atoms with Crippen LogP contribution in [0.2, 0.25) is 0 Å². The van der Waals surface area contributed by atoms with Crippen LogP contribution < -0.4 is 11.1 Å².